The van der Waals surface area contributed by atoms with E-state index in [0.29, 0.717) is 12.1 Å². The summed E-state index contributed by atoms with van der Waals surface area (Å²) in [6, 6.07) is 18.0. The highest BCUT2D eigenvalue weighted by Crippen LogP contribution is 2.38. The number of hydrazone groups is 1. The van der Waals surface area contributed by atoms with E-state index in [4.69, 9.17) is 4.74 Å². The van der Waals surface area contributed by atoms with Crippen molar-refractivity contribution in [2.75, 3.05) is 12.1 Å². The Morgan fingerprint density at radius 2 is 1.92 bits per heavy atom. The molecule has 1 atom stereocenters. The van der Waals surface area contributed by atoms with Gasteiger partial charge in [0.2, 0.25) is 0 Å². The second-order valence-corrected chi connectivity index (χ2v) is 5.73. The maximum absolute atomic E-state index is 12.0. The van der Waals surface area contributed by atoms with E-state index in [1.807, 2.05) is 59.7 Å². The quantitative estimate of drug-likeness (QED) is 0.750. The van der Waals surface area contributed by atoms with Crippen LogP contribution in [-0.4, -0.2) is 23.8 Å². The number of anilines is 1. The third-order valence-corrected chi connectivity index (χ3v) is 4.33. The van der Waals surface area contributed by atoms with Crippen molar-refractivity contribution in [2.45, 2.75) is 12.5 Å². The van der Waals surface area contributed by atoms with Crippen molar-refractivity contribution in [3.63, 3.8) is 0 Å². The molecular formula is C19H17N3O2. The average molecular weight is 319 g/mol. The highest BCUT2D eigenvalue weighted by molar-refractivity contribution is 6.37. The number of hydrogen-bond donors (Lipinski definition) is 1. The fourth-order valence-electron chi connectivity index (χ4n) is 3.18. The maximum atomic E-state index is 12.0. The van der Waals surface area contributed by atoms with Crippen LogP contribution >= 0.6 is 0 Å². The Labute approximate surface area is 139 Å². The van der Waals surface area contributed by atoms with Crippen LogP contribution in [0.2, 0.25) is 0 Å². The molecule has 1 N–H and O–H groups in total. The minimum absolute atomic E-state index is 0.0438. The number of aromatic amines is 1. The lowest BCUT2D eigenvalue weighted by atomic mass is 10.0. The number of carbonyl (C=O) groups is 1. The van der Waals surface area contributed by atoms with Crippen molar-refractivity contribution in [1.82, 2.24) is 4.98 Å². The second-order valence-electron chi connectivity index (χ2n) is 5.73. The van der Waals surface area contributed by atoms with E-state index >= 15 is 0 Å². The first-order valence-corrected chi connectivity index (χ1v) is 7.84. The molecule has 120 valence electrons. The van der Waals surface area contributed by atoms with Gasteiger partial charge in [-0.1, -0.05) is 36.4 Å². The lowest BCUT2D eigenvalue weighted by Gasteiger charge is -2.23. The first kappa shape index (κ1) is 14.5. The fourth-order valence-corrected chi connectivity index (χ4v) is 3.18. The van der Waals surface area contributed by atoms with Crippen LogP contribution in [0.1, 0.15) is 18.0 Å². The number of nitrogens with zero attached hydrogens (tertiary/aromatic N) is 2. The standard InChI is InChI=1S/C19H17N3O2/c1-24-19(23)17-11-18(22(21-17)13-7-3-2-4-8-13)15-12-20-16-10-6-5-9-14(15)16/h2-10,12,18,20H,11H2,1H3/t18-/m1/s1. The molecule has 2 aromatic carbocycles. The van der Waals surface area contributed by atoms with Gasteiger partial charge in [-0.3, -0.25) is 5.01 Å². The summed E-state index contributed by atoms with van der Waals surface area (Å²) in [6.45, 7) is 0. The number of benzene rings is 2. The van der Waals surface area contributed by atoms with E-state index in [9.17, 15) is 4.79 Å². The number of methoxy groups -OCH3 is 1. The van der Waals surface area contributed by atoms with E-state index in [-0.39, 0.29) is 12.0 Å². The smallest absolute Gasteiger partial charge is 0.354 e. The number of carbonyl (C=O) groups excluding carboxylic acids is 1. The van der Waals surface area contributed by atoms with Gasteiger partial charge < -0.3 is 9.72 Å². The molecule has 0 spiro atoms. The first-order chi connectivity index (χ1) is 11.8. The van der Waals surface area contributed by atoms with E-state index in [0.717, 1.165) is 22.2 Å². The Balaban J connectivity index is 1.80. The van der Waals surface area contributed by atoms with Crippen LogP contribution in [0, 0.1) is 0 Å². The number of H-pyrrole nitrogens is 1. The maximum Gasteiger partial charge on any atom is 0.354 e. The van der Waals surface area contributed by atoms with Gasteiger partial charge in [0.05, 0.1) is 18.8 Å². The van der Waals surface area contributed by atoms with Crippen molar-refractivity contribution in [3.05, 3.63) is 66.4 Å². The van der Waals surface area contributed by atoms with E-state index in [2.05, 4.69) is 16.2 Å². The molecule has 0 fully saturated rings. The fraction of sp³-hybridized carbons (Fsp3) is 0.158. The van der Waals surface area contributed by atoms with E-state index in [1.165, 1.54) is 7.11 Å². The summed E-state index contributed by atoms with van der Waals surface area (Å²) in [7, 11) is 1.39. The number of para-hydroxylation sites is 2. The summed E-state index contributed by atoms with van der Waals surface area (Å²) in [4.78, 5) is 15.3. The van der Waals surface area contributed by atoms with Crippen LogP contribution in [0.3, 0.4) is 0 Å². The SMILES string of the molecule is COC(=O)C1=NN(c2ccccc2)[C@@H](c2c[nH]c3ccccc23)C1. The summed E-state index contributed by atoms with van der Waals surface area (Å²) in [5.74, 6) is -0.377. The van der Waals surface area contributed by atoms with Gasteiger partial charge in [0.1, 0.15) is 5.71 Å². The Bertz CT molecular complexity index is 915. The molecule has 0 saturated heterocycles. The lowest BCUT2D eigenvalue weighted by Crippen LogP contribution is -2.18. The molecule has 0 amide bonds. The largest absolute Gasteiger partial charge is 0.464 e. The lowest BCUT2D eigenvalue weighted by molar-refractivity contribution is -0.132. The van der Waals surface area contributed by atoms with Gasteiger partial charge in [-0.25, -0.2) is 4.79 Å². The van der Waals surface area contributed by atoms with Crippen LogP contribution in [0.15, 0.2) is 65.9 Å². The van der Waals surface area contributed by atoms with Gasteiger partial charge in [-0.05, 0) is 18.2 Å². The zero-order valence-electron chi connectivity index (χ0n) is 13.3. The summed E-state index contributed by atoms with van der Waals surface area (Å²) in [5.41, 5.74) is 3.59. The highest BCUT2D eigenvalue weighted by Gasteiger charge is 2.34. The molecule has 0 bridgehead atoms. The molecule has 2 heterocycles. The third-order valence-electron chi connectivity index (χ3n) is 4.33. The third kappa shape index (κ3) is 2.34. The Hall–Kier alpha value is -3.08. The van der Waals surface area contributed by atoms with Crippen molar-refractivity contribution in [3.8, 4) is 0 Å². The molecular weight excluding hydrogens is 302 g/mol. The molecule has 1 aromatic heterocycles. The van der Waals surface area contributed by atoms with Gasteiger partial charge in [0.25, 0.3) is 0 Å². The first-order valence-electron chi connectivity index (χ1n) is 7.84. The van der Waals surface area contributed by atoms with E-state index in [1.54, 1.807) is 0 Å². The minimum atomic E-state index is -0.377. The number of rotatable bonds is 3. The number of aromatic nitrogens is 1. The van der Waals surface area contributed by atoms with Crippen molar-refractivity contribution >= 4 is 28.3 Å². The summed E-state index contributed by atoms with van der Waals surface area (Å²) in [6.07, 6.45) is 2.52. The number of nitrogens with one attached hydrogen (secondary N) is 1. The summed E-state index contributed by atoms with van der Waals surface area (Å²) >= 11 is 0. The van der Waals surface area contributed by atoms with Gasteiger partial charge in [0.15, 0.2) is 0 Å². The van der Waals surface area contributed by atoms with Gasteiger partial charge in [0, 0.05) is 29.1 Å². The monoisotopic (exact) mass is 319 g/mol. The highest BCUT2D eigenvalue weighted by atomic mass is 16.5. The van der Waals surface area contributed by atoms with Crippen molar-refractivity contribution in [1.29, 1.82) is 0 Å². The zero-order chi connectivity index (χ0) is 16.5. The van der Waals surface area contributed by atoms with Crippen LogP contribution in [0.25, 0.3) is 10.9 Å². The normalized spacial score (nSPS) is 17.1. The average Bonchev–Trinajstić information content (AvgIpc) is 3.26. The topological polar surface area (TPSA) is 57.7 Å². The summed E-state index contributed by atoms with van der Waals surface area (Å²) < 4.78 is 4.87. The molecule has 0 radical (unpaired) electrons. The molecule has 0 saturated carbocycles. The van der Waals surface area contributed by atoms with Gasteiger partial charge in [-0.2, -0.15) is 5.10 Å². The van der Waals surface area contributed by atoms with Gasteiger partial charge in [-0.15, -0.1) is 0 Å². The van der Waals surface area contributed by atoms with Crippen LogP contribution in [-0.2, 0) is 9.53 Å². The van der Waals surface area contributed by atoms with Crippen molar-refractivity contribution in [2.24, 2.45) is 5.10 Å². The van der Waals surface area contributed by atoms with E-state index < -0.39 is 0 Å². The predicted molar refractivity (Wildman–Crippen MR) is 94.0 cm³/mol. The molecule has 5 nitrogen and oxygen atoms in total. The number of esters is 1. The number of hydrogen-bond acceptors (Lipinski definition) is 4. The molecule has 0 aliphatic carbocycles. The predicted octanol–water partition coefficient (Wildman–Crippen LogP) is 3.65. The van der Waals surface area contributed by atoms with Crippen LogP contribution in [0.5, 0.6) is 0 Å². The van der Waals surface area contributed by atoms with Crippen LogP contribution in [0.4, 0.5) is 5.69 Å². The molecule has 4 rings (SSSR count). The molecule has 1 aliphatic heterocycles. The van der Waals surface area contributed by atoms with Gasteiger partial charge >= 0.3 is 5.97 Å². The second kappa shape index (κ2) is 5.85. The van der Waals surface area contributed by atoms with Crippen LogP contribution < -0.4 is 5.01 Å². The molecule has 0 unspecified atom stereocenters. The Kier molecular flexibility index (Phi) is 3.54. The zero-order valence-corrected chi connectivity index (χ0v) is 13.3. The molecule has 1 aliphatic rings. The van der Waals surface area contributed by atoms with Crippen molar-refractivity contribution < 1.29 is 9.53 Å². The Morgan fingerprint density at radius 3 is 2.71 bits per heavy atom. The molecule has 3 aromatic rings. The minimum Gasteiger partial charge on any atom is -0.464 e. The summed E-state index contributed by atoms with van der Waals surface area (Å²) in [5, 5.41) is 7.58. The molecule has 24 heavy (non-hydrogen) atoms. The number of fused-ring (bicyclic) bond motifs is 1. The Morgan fingerprint density at radius 1 is 1.17 bits per heavy atom. The molecule has 5 heteroatoms. The number of ether oxygens (including phenoxy) is 1.